The van der Waals surface area contributed by atoms with Gasteiger partial charge in [-0.15, -0.1) is 0 Å². The highest BCUT2D eigenvalue weighted by atomic mass is 15.3. The van der Waals surface area contributed by atoms with Crippen LogP contribution in [0.5, 0.6) is 0 Å². The predicted octanol–water partition coefficient (Wildman–Crippen LogP) is 2.26. The van der Waals surface area contributed by atoms with Gasteiger partial charge in [0.1, 0.15) is 19.6 Å². The van der Waals surface area contributed by atoms with Gasteiger partial charge in [0.2, 0.25) is 0 Å². The lowest BCUT2D eigenvalue weighted by Crippen LogP contribution is -2.54. The first-order valence-corrected chi connectivity index (χ1v) is 9.10. The molecule has 0 aromatic heterocycles. The van der Waals surface area contributed by atoms with Gasteiger partial charge in [0, 0.05) is 6.04 Å². The van der Waals surface area contributed by atoms with E-state index in [1.165, 1.54) is 104 Å². The zero-order valence-electron chi connectivity index (χ0n) is 13.2. The lowest BCUT2D eigenvalue weighted by Gasteiger charge is -2.33. The van der Waals surface area contributed by atoms with Crippen molar-refractivity contribution in [3.8, 4) is 0 Å². The van der Waals surface area contributed by atoms with Crippen molar-refractivity contribution in [3.05, 3.63) is 0 Å². The Kier molecular flexibility index (Phi) is 5.75. The fraction of sp³-hybridized carbons (Fsp3) is 1.00. The van der Waals surface area contributed by atoms with E-state index in [4.69, 9.17) is 0 Å². The molecule has 0 bridgehead atoms. The summed E-state index contributed by atoms with van der Waals surface area (Å²) in [4.78, 5) is 8.18. The van der Waals surface area contributed by atoms with Gasteiger partial charge in [-0.05, 0) is 38.8 Å². The molecule has 3 fully saturated rings. The maximum absolute atomic E-state index is 2.77. The van der Waals surface area contributed by atoms with Gasteiger partial charge in [-0.3, -0.25) is 9.80 Å². The van der Waals surface area contributed by atoms with Gasteiger partial charge in [0.25, 0.3) is 0 Å². The average molecular weight is 279 g/mol. The molecule has 0 spiro atoms. The molecular formula is C17H33N3+. The number of hydrogen-bond donors (Lipinski definition) is 0. The minimum absolute atomic E-state index is 0.933. The smallest absolute Gasteiger partial charge is 0.135 e. The van der Waals surface area contributed by atoms with E-state index in [0.29, 0.717) is 0 Å². The summed E-state index contributed by atoms with van der Waals surface area (Å²) in [7, 11) is 0. The molecule has 2 heterocycles. The topological polar surface area (TPSA) is 12.4 Å². The van der Waals surface area contributed by atoms with Crippen LogP contribution in [0.4, 0.5) is 0 Å². The molecule has 3 rings (SSSR count). The summed E-state index contributed by atoms with van der Waals surface area (Å²) in [6.07, 6.45) is 11.6. The standard InChI is InChI=1S/C17H33N3/c1-2-6-10-18(9-5-1)11-12-19-13-15-20(16-14-19)17-7-3-4-8-17/h17H,1-16H2/q+1. The van der Waals surface area contributed by atoms with E-state index in [-0.39, 0.29) is 0 Å². The van der Waals surface area contributed by atoms with Gasteiger partial charge in [-0.25, -0.2) is 0 Å². The Labute approximate surface area is 125 Å². The normalized spacial score (nSPS) is 28.8. The van der Waals surface area contributed by atoms with E-state index >= 15 is 0 Å². The first kappa shape index (κ1) is 14.8. The van der Waals surface area contributed by atoms with Gasteiger partial charge in [0.05, 0.1) is 19.6 Å². The Balaban J connectivity index is 1.33. The van der Waals surface area contributed by atoms with Crippen LogP contribution in [0.25, 0.3) is 0 Å². The van der Waals surface area contributed by atoms with Gasteiger partial charge < -0.3 is 0 Å². The third kappa shape index (κ3) is 4.19. The van der Waals surface area contributed by atoms with Crippen LogP contribution in [0.1, 0.15) is 51.4 Å². The molecule has 0 amide bonds. The molecular weight excluding hydrogens is 246 g/mol. The molecule has 3 nitrogen and oxygen atoms in total. The lowest BCUT2D eigenvalue weighted by atomic mass is 10.2. The molecule has 20 heavy (non-hydrogen) atoms. The van der Waals surface area contributed by atoms with Crippen molar-refractivity contribution >= 4 is 0 Å². The first-order chi connectivity index (χ1) is 9.92. The summed E-state index contributed by atoms with van der Waals surface area (Å²) in [6.45, 7) is 10.6. The Morgan fingerprint density at radius 3 is 2.05 bits per heavy atom. The molecule has 3 heteroatoms. The van der Waals surface area contributed by atoms with Crippen molar-refractivity contribution in [3.63, 3.8) is 0 Å². The SMILES string of the molecule is C1CCCN(CC[N+]2CCN(C3CCCC3)CC2)CC1. The van der Waals surface area contributed by atoms with E-state index < -0.39 is 0 Å². The molecule has 1 saturated carbocycles. The Bertz CT molecular complexity index is 259. The predicted molar refractivity (Wildman–Crippen MR) is 85.5 cm³/mol. The number of nitrogens with zero attached hydrogens (tertiary/aromatic N) is 3. The summed E-state index contributed by atoms with van der Waals surface area (Å²) < 4.78 is 0. The van der Waals surface area contributed by atoms with Crippen LogP contribution < -0.4 is 4.90 Å². The fourth-order valence-corrected chi connectivity index (χ4v) is 4.26. The summed E-state index contributed by atoms with van der Waals surface area (Å²) in [5.74, 6) is 0. The lowest BCUT2D eigenvalue weighted by molar-refractivity contribution is 0.133. The van der Waals surface area contributed by atoms with Gasteiger partial charge in [-0.1, -0.05) is 25.7 Å². The van der Waals surface area contributed by atoms with E-state index in [9.17, 15) is 0 Å². The number of piperazine rings is 1. The molecule has 1 aliphatic carbocycles. The van der Waals surface area contributed by atoms with Crippen molar-refractivity contribution in [1.29, 1.82) is 0 Å². The van der Waals surface area contributed by atoms with E-state index in [1.54, 1.807) is 0 Å². The fourth-order valence-electron chi connectivity index (χ4n) is 4.26. The Morgan fingerprint density at radius 2 is 1.40 bits per heavy atom. The molecule has 0 atom stereocenters. The number of rotatable bonds is 4. The zero-order chi connectivity index (χ0) is 13.6. The highest BCUT2D eigenvalue weighted by Crippen LogP contribution is 2.23. The highest BCUT2D eigenvalue weighted by molar-refractivity contribution is 4.84. The van der Waals surface area contributed by atoms with Crippen LogP contribution in [0.2, 0.25) is 0 Å². The maximum Gasteiger partial charge on any atom is 0.135 e. The minimum Gasteiger partial charge on any atom is -0.298 e. The van der Waals surface area contributed by atoms with E-state index in [2.05, 4.69) is 14.7 Å². The van der Waals surface area contributed by atoms with Gasteiger partial charge in [-0.2, -0.15) is 4.90 Å². The van der Waals surface area contributed by atoms with Gasteiger partial charge in [0.15, 0.2) is 0 Å². The third-order valence-electron chi connectivity index (χ3n) is 5.68. The highest BCUT2D eigenvalue weighted by Gasteiger charge is 2.30. The van der Waals surface area contributed by atoms with Crippen LogP contribution >= 0.6 is 0 Å². The summed E-state index contributed by atoms with van der Waals surface area (Å²) in [6, 6.07) is 0.933. The van der Waals surface area contributed by atoms with Crippen molar-refractivity contribution in [1.82, 2.24) is 14.7 Å². The molecule has 0 unspecified atom stereocenters. The third-order valence-corrected chi connectivity index (χ3v) is 5.68. The Hall–Kier alpha value is -0.120. The molecule has 2 saturated heterocycles. The zero-order valence-corrected chi connectivity index (χ0v) is 13.2. The monoisotopic (exact) mass is 279 g/mol. The maximum atomic E-state index is 2.77. The molecule has 2 aliphatic heterocycles. The molecule has 1 radical (unpaired) electrons. The molecule has 3 aliphatic rings. The molecule has 0 N–H and O–H groups in total. The van der Waals surface area contributed by atoms with Crippen LogP contribution in [0.15, 0.2) is 0 Å². The average Bonchev–Trinajstić information content (AvgIpc) is 2.90. The number of likely N-dealkylation sites (tertiary alicyclic amines) is 1. The van der Waals surface area contributed by atoms with Gasteiger partial charge >= 0.3 is 0 Å². The van der Waals surface area contributed by atoms with Crippen LogP contribution in [-0.2, 0) is 0 Å². The molecule has 0 aromatic rings. The second kappa shape index (κ2) is 7.77. The molecule has 115 valence electrons. The number of hydrogen-bond acceptors (Lipinski definition) is 3. The Morgan fingerprint density at radius 1 is 0.750 bits per heavy atom. The summed E-state index contributed by atoms with van der Waals surface area (Å²) >= 11 is 0. The minimum atomic E-state index is 0.933. The van der Waals surface area contributed by atoms with Crippen molar-refractivity contribution in [2.24, 2.45) is 0 Å². The van der Waals surface area contributed by atoms with Crippen molar-refractivity contribution in [2.45, 2.75) is 57.4 Å². The molecule has 0 aromatic carbocycles. The van der Waals surface area contributed by atoms with E-state index in [0.717, 1.165) is 6.04 Å². The second-order valence-corrected chi connectivity index (χ2v) is 7.07. The van der Waals surface area contributed by atoms with Crippen LogP contribution in [0, 0.1) is 0 Å². The van der Waals surface area contributed by atoms with Crippen molar-refractivity contribution < 1.29 is 0 Å². The van der Waals surface area contributed by atoms with Crippen LogP contribution in [0.3, 0.4) is 0 Å². The quantitative estimate of drug-likeness (QED) is 0.732. The summed E-state index contributed by atoms with van der Waals surface area (Å²) in [5, 5.41) is 0. The van der Waals surface area contributed by atoms with Crippen LogP contribution in [-0.4, -0.2) is 68.2 Å². The summed E-state index contributed by atoms with van der Waals surface area (Å²) in [5.41, 5.74) is 0. The largest absolute Gasteiger partial charge is 0.298 e. The van der Waals surface area contributed by atoms with Crippen molar-refractivity contribution in [2.75, 3.05) is 52.4 Å². The second-order valence-electron chi connectivity index (χ2n) is 7.07. The van der Waals surface area contributed by atoms with E-state index in [1.807, 2.05) is 0 Å². The first-order valence-electron chi connectivity index (χ1n) is 9.10.